The SMILES string of the molecule is O=C(C[C@]1(O)C(=O)N(Cc2ccc(Cl)cc2)c2ccccc21)c1cccc(Br)c1. The summed E-state index contributed by atoms with van der Waals surface area (Å²) in [7, 11) is 0. The molecule has 0 saturated carbocycles. The minimum Gasteiger partial charge on any atom is -0.375 e. The molecule has 0 spiro atoms. The maximum atomic E-state index is 13.3. The van der Waals surface area contributed by atoms with E-state index in [1.54, 1.807) is 48.5 Å². The van der Waals surface area contributed by atoms with Crippen molar-refractivity contribution >= 4 is 44.9 Å². The Hall–Kier alpha value is -2.47. The number of nitrogens with zero attached hydrogens (tertiary/aromatic N) is 1. The topological polar surface area (TPSA) is 57.6 Å². The fraction of sp³-hybridized carbons (Fsp3) is 0.130. The summed E-state index contributed by atoms with van der Waals surface area (Å²) >= 11 is 9.30. The second-order valence-corrected chi connectivity index (χ2v) is 8.36. The number of carbonyl (C=O) groups excluding carboxylic acids is 2. The fourth-order valence-corrected chi connectivity index (χ4v) is 4.13. The van der Waals surface area contributed by atoms with Gasteiger partial charge >= 0.3 is 0 Å². The van der Waals surface area contributed by atoms with Crippen LogP contribution >= 0.6 is 27.5 Å². The van der Waals surface area contributed by atoms with E-state index in [0.717, 1.165) is 10.0 Å². The van der Waals surface area contributed by atoms with E-state index in [4.69, 9.17) is 11.6 Å². The predicted octanol–water partition coefficient (Wildman–Crippen LogP) is 5.11. The molecule has 1 aliphatic rings. The predicted molar refractivity (Wildman–Crippen MR) is 116 cm³/mol. The number of hydrogen-bond acceptors (Lipinski definition) is 3. The lowest BCUT2D eigenvalue weighted by Gasteiger charge is -2.23. The Balaban J connectivity index is 1.67. The van der Waals surface area contributed by atoms with Crippen LogP contribution in [0.5, 0.6) is 0 Å². The molecule has 0 aromatic heterocycles. The molecule has 0 bridgehead atoms. The van der Waals surface area contributed by atoms with Crippen molar-refractivity contribution in [2.75, 3.05) is 4.90 Å². The van der Waals surface area contributed by atoms with Crippen molar-refractivity contribution < 1.29 is 14.7 Å². The summed E-state index contributed by atoms with van der Waals surface area (Å²) in [5.74, 6) is -0.803. The first-order chi connectivity index (χ1) is 13.9. The van der Waals surface area contributed by atoms with Crippen molar-refractivity contribution in [3.8, 4) is 0 Å². The van der Waals surface area contributed by atoms with Gasteiger partial charge in [0.15, 0.2) is 11.4 Å². The van der Waals surface area contributed by atoms with Crippen molar-refractivity contribution in [3.05, 3.63) is 99.0 Å². The molecule has 0 fully saturated rings. The van der Waals surface area contributed by atoms with Crippen molar-refractivity contribution in [2.24, 2.45) is 0 Å². The van der Waals surface area contributed by atoms with E-state index in [-0.39, 0.29) is 18.7 Å². The number of para-hydroxylation sites is 1. The van der Waals surface area contributed by atoms with Gasteiger partial charge in [0, 0.05) is 20.6 Å². The highest BCUT2D eigenvalue weighted by Gasteiger charge is 2.50. The molecule has 146 valence electrons. The van der Waals surface area contributed by atoms with Crippen LogP contribution in [0, 0.1) is 0 Å². The molecule has 3 aromatic rings. The van der Waals surface area contributed by atoms with Crippen LogP contribution in [0.1, 0.15) is 27.9 Å². The first-order valence-corrected chi connectivity index (χ1v) is 10.2. The van der Waals surface area contributed by atoms with E-state index in [9.17, 15) is 14.7 Å². The zero-order valence-electron chi connectivity index (χ0n) is 15.3. The molecule has 1 amide bonds. The third-order valence-electron chi connectivity index (χ3n) is 5.06. The Morgan fingerprint density at radius 3 is 2.48 bits per heavy atom. The van der Waals surface area contributed by atoms with Gasteiger partial charge in [-0.05, 0) is 35.9 Å². The van der Waals surface area contributed by atoms with Crippen LogP contribution in [0.25, 0.3) is 0 Å². The molecule has 0 radical (unpaired) electrons. The fourth-order valence-electron chi connectivity index (χ4n) is 3.60. The highest BCUT2D eigenvalue weighted by Crippen LogP contribution is 2.43. The number of Topliss-reactive ketones (excluding diaryl/α,β-unsaturated/α-hetero) is 1. The number of hydrogen-bond donors (Lipinski definition) is 1. The monoisotopic (exact) mass is 469 g/mol. The Bertz CT molecular complexity index is 1100. The van der Waals surface area contributed by atoms with Crippen LogP contribution in [0.15, 0.2) is 77.3 Å². The Labute approximate surface area is 181 Å². The molecule has 1 heterocycles. The Morgan fingerprint density at radius 1 is 1.03 bits per heavy atom. The first kappa shape index (κ1) is 19.8. The molecular weight excluding hydrogens is 454 g/mol. The molecule has 0 aliphatic carbocycles. The molecule has 4 nitrogen and oxygen atoms in total. The maximum absolute atomic E-state index is 13.3. The number of anilines is 1. The summed E-state index contributed by atoms with van der Waals surface area (Å²) in [6.07, 6.45) is -0.323. The number of aliphatic hydroxyl groups is 1. The summed E-state index contributed by atoms with van der Waals surface area (Å²) in [4.78, 5) is 27.6. The molecule has 29 heavy (non-hydrogen) atoms. The third kappa shape index (κ3) is 3.73. The lowest BCUT2D eigenvalue weighted by molar-refractivity contribution is -0.136. The van der Waals surface area contributed by atoms with Crippen molar-refractivity contribution in [1.29, 1.82) is 0 Å². The van der Waals surface area contributed by atoms with Gasteiger partial charge in [-0.15, -0.1) is 0 Å². The average molecular weight is 471 g/mol. The smallest absolute Gasteiger partial charge is 0.264 e. The van der Waals surface area contributed by atoms with E-state index < -0.39 is 11.5 Å². The first-order valence-electron chi connectivity index (χ1n) is 9.05. The zero-order valence-corrected chi connectivity index (χ0v) is 17.7. The lowest BCUT2D eigenvalue weighted by atomic mass is 9.88. The molecule has 0 unspecified atom stereocenters. The van der Waals surface area contributed by atoms with Crippen molar-refractivity contribution in [1.82, 2.24) is 0 Å². The van der Waals surface area contributed by atoms with Crippen LogP contribution < -0.4 is 4.90 Å². The number of rotatable bonds is 5. The standard InChI is InChI=1S/C23H17BrClNO3/c24-17-5-3-4-16(12-17)21(27)13-23(29)19-6-1-2-7-20(19)26(22(23)28)14-15-8-10-18(25)11-9-15/h1-12,29H,13-14H2/t23-/m1/s1. The minimum atomic E-state index is -1.90. The van der Waals surface area contributed by atoms with Gasteiger partial charge in [0.05, 0.1) is 18.7 Å². The number of ketones is 1. The van der Waals surface area contributed by atoms with Crippen LogP contribution in [0.4, 0.5) is 5.69 Å². The number of carbonyl (C=O) groups is 2. The normalized spacial score (nSPS) is 18.0. The quantitative estimate of drug-likeness (QED) is 0.527. The number of fused-ring (bicyclic) bond motifs is 1. The van der Waals surface area contributed by atoms with Gasteiger partial charge in [0.1, 0.15) is 0 Å². The second-order valence-electron chi connectivity index (χ2n) is 7.01. The molecule has 1 aliphatic heterocycles. The van der Waals surface area contributed by atoms with E-state index >= 15 is 0 Å². The minimum absolute atomic E-state index is 0.278. The second kappa shape index (κ2) is 7.75. The summed E-state index contributed by atoms with van der Waals surface area (Å²) in [6.45, 7) is 0.278. The van der Waals surface area contributed by atoms with Crippen LogP contribution in [0.2, 0.25) is 5.02 Å². The van der Waals surface area contributed by atoms with Crippen LogP contribution in [-0.2, 0) is 16.9 Å². The highest BCUT2D eigenvalue weighted by molar-refractivity contribution is 9.10. The molecule has 4 rings (SSSR count). The number of amides is 1. The number of halogens is 2. The summed E-state index contributed by atoms with van der Waals surface area (Å²) in [6, 6.07) is 21.1. The Kier molecular flexibility index (Phi) is 5.30. The zero-order chi connectivity index (χ0) is 20.6. The van der Waals surface area contributed by atoms with Crippen molar-refractivity contribution in [2.45, 2.75) is 18.6 Å². The van der Waals surface area contributed by atoms with E-state index in [1.807, 2.05) is 24.3 Å². The van der Waals surface area contributed by atoms with Gasteiger partial charge in [-0.3, -0.25) is 9.59 Å². The average Bonchev–Trinajstić information content (AvgIpc) is 2.92. The van der Waals surface area contributed by atoms with Gasteiger partial charge in [-0.1, -0.05) is 70.0 Å². The largest absolute Gasteiger partial charge is 0.375 e. The summed E-state index contributed by atoms with van der Waals surface area (Å²) in [5.41, 5.74) is 0.469. The van der Waals surface area contributed by atoms with E-state index in [2.05, 4.69) is 15.9 Å². The maximum Gasteiger partial charge on any atom is 0.264 e. The van der Waals surface area contributed by atoms with Gasteiger partial charge in [0.2, 0.25) is 0 Å². The van der Waals surface area contributed by atoms with Gasteiger partial charge in [0.25, 0.3) is 5.91 Å². The third-order valence-corrected chi connectivity index (χ3v) is 5.80. The van der Waals surface area contributed by atoms with Gasteiger partial charge < -0.3 is 10.0 Å². The molecule has 6 heteroatoms. The summed E-state index contributed by atoms with van der Waals surface area (Å²) in [5, 5.41) is 12.0. The molecule has 1 atom stereocenters. The van der Waals surface area contributed by atoms with E-state index in [1.165, 1.54) is 4.90 Å². The van der Waals surface area contributed by atoms with Gasteiger partial charge in [-0.25, -0.2) is 0 Å². The van der Waals surface area contributed by atoms with Crippen molar-refractivity contribution in [3.63, 3.8) is 0 Å². The molecule has 0 saturated heterocycles. The van der Waals surface area contributed by atoms with Crippen LogP contribution in [0.3, 0.4) is 0 Å². The molecule has 3 aromatic carbocycles. The Morgan fingerprint density at radius 2 is 1.76 bits per heavy atom. The highest BCUT2D eigenvalue weighted by atomic mass is 79.9. The van der Waals surface area contributed by atoms with E-state index in [0.29, 0.717) is 21.8 Å². The van der Waals surface area contributed by atoms with Gasteiger partial charge in [-0.2, -0.15) is 0 Å². The lowest BCUT2D eigenvalue weighted by Crippen LogP contribution is -2.41. The van der Waals surface area contributed by atoms with Crippen LogP contribution in [-0.4, -0.2) is 16.8 Å². The molecule has 1 N–H and O–H groups in total. The summed E-state index contributed by atoms with van der Waals surface area (Å²) < 4.78 is 0.762. The number of benzene rings is 3. The molecular formula is C23H17BrClNO3.